The van der Waals surface area contributed by atoms with Gasteiger partial charge in [-0.2, -0.15) is 4.31 Å². The van der Waals surface area contributed by atoms with Crippen molar-refractivity contribution in [1.82, 2.24) is 14.3 Å². The van der Waals surface area contributed by atoms with Crippen molar-refractivity contribution >= 4 is 10.0 Å². The van der Waals surface area contributed by atoms with E-state index in [2.05, 4.69) is 9.97 Å². The fourth-order valence-electron chi connectivity index (χ4n) is 2.01. The Balaban J connectivity index is 2.04. The maximum absolute atomic E-state index is 12.1. The van der Waals surface area contributed by atoms with Crippen LogP contribution >= 0.6 is 0 Å². The van der Waals surface area contributed by atoms with E-state index in [9.17, 15) is 8.42 Å². The Labute approximate surface area is 119 Å². The van der Waals surface area contributed by atoms with Crippen LogP contribution in [0.5, 0.6) is 11.8 Å². The van der Waals surface area contributed by atoms with Crippen molar-refractivity contribution in [3.8, 4) is 11.8 Å². The van der Waals surface area contributed by atoms with Crippen LogP contribution in [0.4, 0.5) is 0 Å². The molecule has 20 heavy (non-hydrogen) atoms. The Hall–Kier alpha value is -1.41. The Morgan fingerprint density at radius 2 is 1.95 bits per heavy atom. The number of rotatable bonds is 5. The molecule has 0 N–H and O–H groups in total. The summed E-state index contributed by atoms with van der Waals surface area (Å²) in [7, 11) is -1.74. The van der Waals surface area contributed by atoms with Gasteiger partial charge in [0.2, 0.25) is 10.0 Å². The third-order valence-electron chi connectivity index (χ3n) is 3.17. The lowest BCUT2D eigenvalue weighted by atomic mass is 10.3. The van der Waals surface area contributed by atoms with Crippen LogP contribution in [0.25, 0.3) is 0 Å². The molecule has 2 rings (SSSR count). The molecule has 8 heteroatoms. The lowest BCUT2D eigenvalue weighted by Crippen LogP contribution is -2.35. The zero-order valence-corrected chi connectivity index (χ0v) is 12.6. The van der Waals surface area contributed by atoms with Crippen LogP contribution in [0.1, 0.15) is 20.3 Å². The van der Waals surface area contributed by atoms with Gasteiger partial charge in [-0.15, -0.1) is 0 Å². The van der Waals surface area contributed by atoms with Crippen molar-refractivity contribution in [2.45, 2.75) is 31.6 Å². The number of hydrogen-bond donors (Lipinski definition) is 0. The highest BCUT2D eigenvalue weighted by Crippen LogP contribution is 2.25. The highest BCUT2D eigenvalue weighted by atomic mass is 32.2. The second-order valence-electron chi connectivity index (χ2n) is 4.85. The number of sulfonamides is 1. The SMILES string of the molecule is COc1nccnc1OC1CCN(S(=O)(=O)C(C)C)C1. The Bertz CT molecular complexity index is 562. The van der Waals surface area contributed by atoms with Crippen LogP contribution in [0.3, 0.4) is 0 Å². The highest BCUT2D eigenvalue weighted by Gasteiger charge is 2.34. The van der Waals surface area contributed by atoms with Crippen molar-refractivity contribution in [2.75, 3.05) is 20.2 Å². The summed E-state index contributed by atoms with van der Waals surface area (Å²) in [6.07, 6.45) is 3.42. The molecule has 0 bridgehead atoms. The molecule has 112 valence electrons. The second-order valence-corrected chi connectivity index (χ2v) is 7.34. The molecule has 1 unspecified atom stereocenters. The molecule has 0 amide bonds. The minimum absolute atomic E-state index is 0.228. The lowest BCUT2D eigenvalue weighted by Gasteiger charge is -2.19. The molecule has 1 saturated heterocycles. The van der Waals surface area contributed by atoms with Crippen LogP contribution in [-0.4, -0.2) is 54.2 Å². The van der Waals surface area contributed by atoms with Crippen molar-refractivity contribution < 1.29 is 17.9 Å². The van der Waals surface area contributed by atoms with Gasteiger partial charge in [0.05, 0.1) is 18.9 Å². The van der Waals surface area contributed by atoms with E-state index < -0.39 is 15.3 Å². The summed E-state index contributed by atoms with van der Waals surface area (Å²) in [5.74, 6) is 0.599. The van der Waals surface area contributed by atoms with E-state index in [1.54, 1.807) is 13.8 Å². The molecule has 1 aromatic rings. The smallest absolute Gasteiger partial charge is 0.278 e. The average molecular weight is 301 g/mol. The van der Waals surface area contributed by atoms with Crippen molar-refractivity contribution in [3.63, 3.8) is 0 Å². The van der Waals surface area contributed by atoms with Crippen LogP contribution in [0, 0.1) is 0 Å². The fourth-order valence-corrected chi connectivity index (χ4v) is 3.34. The zero-order chi connectivity index (χ0) is 14.8. The van der Waals surface area contributed by atoms with Crippen molar-refractivity contribution in [3.05, 3.63) is 12.4 Å². The molecule has 1 aliphatic heterocycles. The molecule has 1 aromatic heterocycles. The summed E-state index contributed by atoms with van der Waals surface area (Å²) in [5.41, 5.74) is 0. The molecule has 0 aromatic carbocycles. The van der Waals surface area contributed by atoms with Gasteiger partial charge in [-0.3, -0.25) is 0 Å². The summed E-state index contributed by atoms with van der Waals surface area (Å²) < 4.78 is 36.4. The number of hydrogen-bond acceptors (Lipinski definition) is 6. The summed E-state index contributed by atoms with van der Waals surface area (Å²) in [6, 6.07) is 0. The molecule has 2 heterocycles. The molecule has 7 nitrogen and oxygen atoms in total. The van der Waals surface area contributed by atoms with Gasteiger partial charge in [-0.05, 0) is 20.3 Å². The minimum Gasteiger partial charge on any atom is -0.477 e. The largest absolute Gasteiger partial charge is 0.477 e. The van der Waals surface area contributed by atoms with Gasteiger partial charge < -0.3 is 9.47 Å². The van der Waals surface area contributed by atoms with Crippen molar-refractivity contribution in [1.29, 1.82) is 0 Å². The minimum atomic E-state index is -3.23. The summed E-state index contributed by atoms with van der Waals surface area (Å²) in [5, 5.41) is -0.424. The van der Waals surface area contributed by atoms with Gasteiger partial charge in [-0.25, -0.2) is 18.4 Å². The van der Waals surface area contributed by atoms with Gasteiger partial charge >= 0.3 is 0 Å². The topological polar surface area (TPSA) is 81.6 Å². The van der Waals surface area contributed by atoms with E-state index >= 15 is 0 Å². The first-order chi connectivity index (χ1) is 9.45. The third kappa shape index (κ3) is 3.01. The number of methoxy groups -OCH3 is 1. The zero-order valence-electron chi connectivity index (χ0n) is 11.8. The van der Waals surface area contributed by atoms with Crippen LogP contribution in [-0.2, 0) is 10.0 Å². The molecule has 1 atom stereocenters. The van der Waals surface area contributed by atoms with Crippen LogP contribution in [0.15, 0.2) is 12.4 Å². The van der Waals surface area contributed by atoms with E-state index in [4.69, 9.17) is 9.47 Å². The Morgan fingerprint density at radius 3 is 2.55 bits per heavy atom. The summed E-state index contributed by atoms with van der Waals surface area (Å²) in [6.45, 7) is 4.15. The van der Waals surface area contributed by atoms with E-state index in [0.29, 0.717) is 31.3 Å². The van der Waals surface area contributed by atoms with E-state index in [0.717, 1.165) is 0 Å². The quantitative estimate of drug-likeness (QED) is 0.795. The van der Waals surface area contributed by atoms with Crippen LogP contribution in [0.2, 0.25) is 0 Å². The van der Waals surface area contributed by atoms with E-state index in [1.165, 1.54) is 23.8 Å². The Kier molecular flexibility index (Phi) is 4.44. The third-order valence-corrected chi connectivity index (χ3v) is 5.41. The van der Waals surface area contributed by atoms with Crippen molar-refractivity contribution in [2.24, 2.45) is 0 Å². The predicted molar refractivity (Wildman–Crippen MR) is 73.2 cm³/mol. The van der Waals surface area contributed by atoms with Gasteiger partial charge in [0.1, 0.15) is 6.10 Å². The van der Waals surface area contributed by atoms with Gasteiger partial charge in [-0.1, -0.05) is 0 Å². The average Bonchev–Trinajstić information content (AvgIpc) is 2.88. The molecule has 1 aliphatic rings. The maximum atomic E-state index is 12.1. The van der Waals surface area contributed by atoms with Gasteiger partial charge in [0, 0.05) is 18.9 Å². The first-order valence-electron chi connectivity index (χ1n) is 6.45. The molecular formula is C12H19N3O4S. The predicted octanol–water partition coefficient (Wildman–Crippen LogP) is 0.677. The normalized spacial score (nSPS) is 20.3. The number of ether oxygens (including phenoxy) is 2. The molecule has 0 saturated carbocycles. The van der Waals surface area contributed by atoms with E-state index in [1.807, 2.05) is 0 Å². The highest BCUT2D eigenvalue weighted by molar-refractivity contribution is 7.89. The monoisotopic (exact) mass is 301 g/mol. The van der Waals surface area contributed by atoms with Crippen LogP contribution < -0.4 is 9.47 Å². The molecule has 1 fully saturated rings. The van der Waals surface area contributed by atoms with Gasteiger partial charge in [0.15, 0.2) is 0 Å². The first-order valence-corrected chi connectivity index (χ1v) is 7.96. The summed E-state index contributed by atoms with van der Waals surface area (Å²) in [4.78, 5) is 8.05. The Morgan fingerprint density at radius 1 is 1.30 bits per heavy atom. The second kappa shape index (κ2) is 5.92. The molecule has 0 radical (unpaired) electrons. The summed E-state index contributed by atoms with van der Waals surface area (Å²) >= 11 is 0. The standard InChI is InChI=1S/C12H19N3O4S/c1-9(2)20(16,17)15-7-4-10(8-15)19-12-11(18-3)13-5-6-14-12/h5-6,9-10H,4,7-8H2,1-3H3. The van der Waals surface area contributed by atoms with E-state index in [-0.39, 0.29) is 6.10 Å². The fraction of sp³-hybridized carbons (Fsp3) is 0.667. The molecule has 0 spiro atoms. The maximum Gasteiger partial charge on any atom is 0.278 e. The lowest BCUT2D eigenvalue weighted by molar-refractivity contribution is 0.194. The van der Waals surface area contributed by atoms with Gasteiger partial charge in [0.25, 0.3) is 11.8 Å². The first kappa shape index (κ1) is 15.0. The number of nitrogens with zero attached hydrogens (tertiary/aromatic N) is 3. The molecular weight excluding hydrogens is 282 g/mol. The number of aromatic nitrogens is 2. The molecule has 0 aliphatic carbocycles.